The minimum atomic E-state index is -0.218. The molecule has 104 valence electrons. The van der Waals surface area contributed by atoms with E-state index in [1.165, 1.54) is 7.11 Å². The summed E-state index contributed by atoms with van der Waals surface area (Å²) >= 11 is 0. The Kier molecular flexibility index (Phi) is 4.54. The first-order valence-corrected chi connectivity index (χ1v) is 6.53. The maximum atomic E-state index is 12.1. The van der Waals surface area contributed by atoms with Crippen LogP contribution in [-0.2, 0) is 20.9 Å². The monoisotopic (exact) mass is 265 g/mol. The fourth-order valence-electron chi connectivity index (χ4n) is 2.36. The van der Waals surface area contributed by atoms with Gasteiger partial charge in [0.2, 0.25) is 5.91 Å². The average molecular weight is 265 g/mol. The van der Waals surface area contributed by atoms with Gasteiger partial charge in [0.05, 0.1) is 13.0 Å². The summed E-state index contributed by atoms with van der Waals surface area (Å²) in [4.78, 5) is 25.3. The number of amides is 1. The van der Waals surface area contributed by atoms with E-state index in [0.29, 0.717) is 19.5 Å². The van der Waals surface area contributed by atoms with Crippen LogP contribution in [0.15, 0.2) is 18.5 Å². The first kappa shape index (κ1) is 13.6. The summed E-state index contributed by atoms with van der Waals surface area (Å²) in [6.45, 7) is 1.78. The van der Waals surface area contributed by atoms with Gasteiger partial charge in [0.25, 0.3) is 0 Å². The topological polar surface area (TPSA) is 64.4 Å². The molecule has 1 saturated heterocycles. The molecule has 1 unspecified atom stereocenters. The van der Waals surface area contributed by atoms with Gasteiger partial charge in [-0.1, -0.05) is 0 Å². The molecule has 6 heteroatoms. The normalized spacial score (nSPS) is 19.2. The van der Waals surface area contributed by atoms with Gasteiger partial charge in [-0.15, -0.1) is 0 Å². The molecule has 0 radical (unpaired) electrons. The maximum absolute atomic E-state index is 12.1. The zero-order valence-electron chi connectivity index (χ0n) is 11.1. The highest BCUT2D eigenvalue weighted by Gasteiger charge is 2.28. The molecule has 1 aromatic heterocycles. The van der Waals surface area contributed by atoms with Gasteiger partial charge in [0, 0.05) is 38.4 Å². The molecule has 0 spiro atoms. The van der Waals surface area contributed by atoms with E-state index in [9.17, 15) is 9.59 Å². The Morgan fingerprint density at radius 3 is 3.00 bits per heavy atom. The lowest BCUT2D eigenvalue weighted by molar-refractivity contribution is -0.149. The number of esters is 1. The highest BCUT2D eigenvalue weighted by Crippen LogP contribution is 2.18. The Labute approximate surface area is 112 Å². The van der Waals surface area contributed by atoms with Crippen LogP contribution in [0.1, 0.15) is 19.3 Å². The van der Waals surface area contributed by atoms with Crippen LogP contribution in [-0.4, -0.2) is 46.8 Å². The molecule has 1 aliphatic heterocycles. The molecule has 1 atom stereocenters. The largest absolute Gasteiger partial charge is 0.469 e. The fourth-order valence-corrected chi connectivity index (χ4v) is 2.36. The van der Waals surface area contributed by atoms with E-state index in [2.05, 4.69) is 5.10 Å². The van der Waals surface area contributed by atoms with Crippen LogP contribution in [0.25, 0.3) is 0 Å². The fraction of sp³-hybridized carbons (Fsp3) is 0.615. The van der Waals surface area contributed by atoms with Crippen molar-refractivity contribution in [3.63, 3.8) is 0 Å². The summed E-state index contributed by atoms with van der Waals surface area (Å²) in [5.74, 6) is -0.318. The van der Waals surface area contributed by atoms with E-state index in [0.717, 1.165) is 19.4 Å². The first-order chi connectivity index (χ1) is 9.20. The summed E-state index contributed by atoms with van der Waals surface area (Å²) < 4.78 is 6.48. The third-order valence-corrected chi connectivity index (χ3v) is 3.42. The van der Waals surface area contributed by atoms with E-state index >= 15 is 0 Å². The quantitative estimate of drug-likeness (QED) is 0.751. The van der Waals surface area contributed by atoms with Gasteiger partial charge in [0.15, 0.2) is 0 Å². The predicted molar refractivity (Wildman–Crippen MR) is 68.2 cm³/mol. The smallest absolute Gasteiger partial charge is 0.310 e. The summed E-state index contributed by atoms with van der Waals surface area (Å²) in [6.07, 6.45) is 5.60. The van der Waals surface area contributed by atoms with Gasteiger partial charge in [0.1, 0.15) is 0 Å². The SMILES string of the molecule is COC(=O)C1CCCN(C(=O)CCn2cccn2)C1. The lowest BCUT2D eigenvalue weighted by atomic mass is 9.98. The van der Waals surface area contributed by atoms with Crippen molar-refractivity contribution in [2.75, 3.05) is 20.2 Å². The molecule has 1 aromatic rings. The van der Waals surface area contributed by atoms with Crippen LogP contribution in [0.5, 0.6) is 0 Å². The van der Waals surface area contributed by atoms with Crippen molar-refractivity contribution in [1.82, 2.24) is 14.7 Å². The minimum absolute atomic E-state index is 0.0732. The number of likely N-dealkylation sites (tertiary alicyclic amines) is 1. The van der Waals surface area contributed by atoms with Gasteiger partial charge >= 0.3 is 5.97 Å². The average Bonchev–Trinajstić information content (AvgIpc) is 2.97. The van der Waals surface area contributed by atoms with Crippen LogP contribution in [0.4, 0.5) is 0 Å². The number of aryl methyl sites for hydroxylation is 1. The van der Waals surface area contributed by atoms with Gasteiger partial charge in [-0.05, 0) is 18.9 Å². The number of methoxy groups -OCH3 is 1. The summed E-state index contributed by atoms with van der Waals surface area (Å²) in [5.41, 5.74) is 0. The van der Waals surface area contributed by atoms with Gasteiger partial charge in [-0.2, -0.15) is 5.10 Å². The second kappa shape index (κ2) is 6.36. The Morgan fingerprint density at radius 2 is 2.32 bits per heavy atom. The molecule has 0 saturated carbocycles. The second-order valence-corrected chi connectivity index (χ2v) is 4.72. The Bertz CT molecular complexity index is 430. The number of rotatable bonds is 4. The molecule has 2 rings (SSSR count). The van der Waals surface area contributed by atoms with Crippen molar-refractivity contribution in [2.24, 2.45) is 5.92 Å². The molecular formula is C13H19N3O3. The van der Waals surface area contributed by atoms with Crippen LogP contribution < -0.4 is 0 Å². The molecule has 6 nitrogen and oxygen atoms in total. The summed E-state index contributed by atoms with van der Waals surface area (Å²) in [7, 11) is 1.39. The molecule has 1 aliphatic rings. The standard InChI is InChI=1S/C13H19N3O3/c1-19-13(18)11-4-2-7-15(10-11)12(17)5-9-16-8-3-6-14-16/h3,6,8,11H,2,4-5,7,9-10H2,1H3. The number of carbonyl (C=O) groups excluding carboxylic acids is 2. The van der Waals surface area contributed by atoms with Crippen LogP contribution >= 0.6 is 0 Å². The Balaban J connectivity index is 1.83. The molecule has 0 bridgehead atoms. The molecule has 1 fully saturated rings. The van der Waals surface area contributed by atoms with E-state index in [-0.39, 0.29) is 17.8 Å². The van der Waals surface area contributed by atoms with Crippen molar-refractivity contribution in [2.45, 2.75) is 25.8 Å². The molecule has 1 amide bonds. The van der Waals surface area contributed by atoms with E-state index in [1.807, 2.05) is 12.3 Å². The van der Waals surface area contributed by atoms with Gasteiger partial charge in [-0.25, -0.2) is 0 Å². The molecular weight excluding hydrogens is 246 g/mol. The number of aromatic nitrogens is 2. The zero-order chi connectivity index (χ0) is 13.7. The van der Waals surface area contributed by atoms with Crippen LogP contribution in [0.3, 0.4) is 0 Å². The van der Waals surface area contributed by atoms with E-state index in [4.69, 9.17) is 4.74 Å². The lowest BCUT2D eigenvalue weighted by Gasteiger charge is -2.31. The predicted octanol–water partition coefficient (Wildman–Crippen LogP) is 0.685. The third-order valence-electron chi connectivity index (χ3n) is 3.42. The Hall–Kier alpha value is -1.85. The molecule has 0 N–H and O–H groups in total. The number of carbonyl (C=O) groups is 2. The third kappa shape index (κ3) is 3.56. The summed E-state index contributed by atoms with van der Waals surface area (Å²) in [6, 6.07) is 1.83. The number of ether oxygens (including phenoxy) is 1. The number of hydrogen-bond donors (Lipinski definition) is 0. The van der Waals surface area contributed by atoms with E-state index in [1.54, 1.807) is 15.8 Å². The van der Waals surface area contributed by atoms with E-state index < -0.39 is 0 Å². The number of nitrogens with zero attached hydrogens (tertiary/aromatic N) is 3. The van der Waals surface area contributed by atoms with Crippen LogP contribution in [0.2, 0.25) is 0 Å². The highest BCUT2D eigenvalue weighted by atomic mass is 16.5. The van der Waals surface area contributed by atoms with Crippen molar-refractivity contribution in [3.8, 4) is 0 Å². The van der Waals surface area contributed by atoms with Gasteiger partial charge in [-0.3, -0.25) is 14.3 Å². The summed E-state index contributed by atoms with van der Waals surface area (Å²) in [5, 5.41) is 4.06. The number of piperidine rings is 1. The zero-order valence-corrected chi connectivity index (χ0v) is 11.1. The van der Waals surface area contributed by atoms with Crippen LogP contribution in [0, 0.1) is 5.92 Å². The Morgan fingerprint density at radius 1 is 1.47 bits per heavy atom. The van der Waals surface area contributed by atoms with Crippen molar-refractivity contribution in [1.29, 1.82) is 0 Å². The first-order valence-electron chi connectivity index (χ1n) is 6.53. The number of hydrogen-bond acceptors (Lipinski definition) is 4. The minimum Gasteiger partial charge on any atom is -0.469 e. The lowest BCUT2D eigenvalue weighted by Crippen LogP contribution is -2.42. The second-order valence-electron chi connectivity index (χ2n) is 4.72. The molecule has 0 aromatic carbocycles. The molecule has 2 heterocycles. The van der Waals surface area contributed by atoms with Crippen molar-refractivity contribution >= 4 is 11.9 Å². The van der Waals surface area contributed by atoms with Crippen molar-refractivity contribution < 1.29 is 14.3 Å². The van der Waals surface area contributed by atoms with Gasteiger partial charge < -0.3 is 9.64 Å². The molecule has 19 heavy (non-hydrogen) atoms. The maximum Gasteiger partial charge on any atom is 0.310 e. The highest BCUT2D eigenvalue weighted by molar-refractivity contribution is 5.78. The van der Waals surface area contributed by atoms with Crippen molar-refractivity contribution in [3.05, 3.63) is 18.5 Å². The molecule has 0 aliphatic carbocycles.